The monoisotopic (exact) mass is 533 g/mol. The van der Waals surface area contributed by atoms with Crippen LogP contribution in [-0.4, -0.2) is 37.5 Å². The molecule has 0 radical (unpaired) electrons. The van der Waals surface area contributed by atoms with Gasteiger partial charge in [-0.15, -0.1) is 0 Å². The fourth-order valence-corrected chi connectivity index (χ4v) is 5.40. The van der Waals surface area contributed by atoms with Crippen molar-refractivity contribution in [2.24, 2.45) is 5.92 Å². The lowest BCUT2D eigenvalue weighted by atomic mass is 9.94. The molecule has 0 saturated heterocycles. The van der Waals surface area contributed by atoms with Crippen molar-refractivity contribution in [1.82, 2.24) is 5.32 Å². The van der Waals surface area contributed by atoms with Crippen molar-refractivity contribution >= 4 is 13.6 Å². The Bertz CT molecular complexity index is 532. The predicted molar refractivity (Wildman–Crippen MR) is 152 cm³/mol. The van der Waals surface area contributed by atoms with E-state index in [0.717, 1.165) is 25.7 Å². The zero-order valence-corrected chi connectivity index (χ0v) is 25.0. The van der Waals surface area contributed by atoms with Gasteiger partial charge in [-0.3, -0.25) is 13.8 Å². The zero-order valence-electron chi connectivity index (χ0n) is 24.1. The van der Waals surface area contributed by atoms with Gasteiger partial charge in [0, 0.05) is 19.4 Å². The number of unbranched alkanes of at least 4 members (excludes halogenated alkanes) is 16. The Labute approximate surface area is 223 Å². The number of phosphoric ester groups is 1. The molecule has 0 fully saturated rings. The van der Waals surface area contributed by atoms with Crippen molar-refractivity contribution in [1.29, 1.82) is 0 Å². The van der Waals surface area contributed by atoms with Crippen molar-refractivity contribution < 1.29 is 23.3 Å². The molecular formula is C29H60NO5P. The normalized spacial score (nSPS) is 14.1. The molecule has 0 aromatic heterocycles. The van der Waals surface area contributed by atoms with Crippen LogP contribution in [-0.2, 0) is 18.4 Å². The number of carbonyl (C=O) groups excluding carboxylic acids is 1. The number of Topliss-reactive ketones (excluding diaryl/α,β-unsaturated/α-hetero) is 1. The highest BCUT2D eigenvalue weighted by Crippen LogP contribution is 2.43. The second-order valence-corrected chi connectivity index (χ2v) is 12.0. The van der Waals surface area contributed by atoms with Gasteiger partial charge in [0.2, 0.25) is 0 Å². The molecule has 0 aromatic carbocycles. The molecule has 0 spiro atoms. The van der Waals surface area contributed by atoms with Gasteiger partial charge in [0.05, 0.1) is 13.2 Å². The maximum Gasteiger partial charge on any atom is 0.472 e. The summed E-state index contributed by atoms with van der Waals surface area (Å²) in [6.07, 6.45) is 25.4. The van der Waals surface area contributed by atoms with E-state index < -0.39 is 7.82 Å². The van der Waals surface area contributed by atoms with Crippen molar-refractivity contribution in [3.05, 3.63) is 0 Å². The van der Waals surface area contributed by atoms with Crippen molar-refractivity contribution in [2.75, 3.05) is 26.8 Å². The van der Waals surface area contributed by atoms with Gasteiger partial charge in [-0.2, -0.15) is 0 Å². The van der Waals surface area contributed by atoms with Gasteiger partial charge < -0.3 is 10.2 Å². The molecule has 0 aliphatic carbocycles. The maximum absolute atomic E-state index is 12.1. The molecule has 0 aromatic rings. The molecule has 2 atom stereocenters. The number of hydrogen-bond donors (Lipinski definition) is 2. The maximum atomic E-state index is 12.1. The van der Waals surface area contributed by atoms with Crippen LogP contribution in [0.2, 0.25) is 0 Å². The van der Waals surface area contributed by atoms with Gasteiger partial charge in [-0.05, 0) is 25.8 Å². The Morgan fingerprint density at radius 3 is 1.67 bits per heavy atom. The van der Waals surface area contributed by atoms with Crippen LogP contribution in [0.5, 0.6) is 0 Å². The van der Waals surface area contributed by atoms with Crippen LogP contribution in [0.15, 0.2) is 0 Å². The Hall–Kier alpha value is -0.260. The van der Waals surface area contributed by atoms with Gasteiger partial charge in [-0.25, -0.2) is 4.57 Å². The van der Waals surface area contributed by atoms with E-state index in [1.807, 2.05) is 6.92 Å². The lowest BCUT2D eigenvalue weighted by molar-refractivity contribution is -0.120. The van der Waals surface area contributed by atoms with Crippen molar-refractivity contribution in [3.63, 3.8) is 0 Å². The minimum atomic E-state index is -4.06. The van der Waals surface area contributed by atoms with Crippen molar-refractivity contribution in [3.8, 4) is 0 Å². The lowest BCUT2D eigenvalue weighted by Crippen LogP contribution is -2.16. The number of likely N-dealkylation sites (N-methyl/N-ethyl adjacent to an activating group) is 1. The van der Waals surface area contributed by atoms with Crippen LogP contribution in [0.4, 0.5) is 0 Å². The van der Waals surface area contributed by atoms with E-state index in [4.69, 9.17) is 9.05 Å². The number of rotatable bonds is 29. The second-order valence-electron chi connectivity index (χ2n) is 10.5. The third-order valence-corrected chi connectivity index (χ3v) is 7.83. The first-order valence-corrected chi connectivity index (χ1v) is 16.7. The quantitative estimate of drug-likeness (QED) is 0.0738. The van der Waals surface area contributed by atoms with E-state index in [0.29, 0.717) is 19.4 Å². The summed E-state index contributed by atoms with van der Waals surface area (Å²) >= 11 is 0. The fourth-order valence-electron chi connectivity index (χ4n) is 4.61. The third kappa shape index (κ3) is 25.4. The summed E-state index contributed by atoms with van der Waals surface area (Å²) < 4.78 is 22.2. The SMILES string of the molecule is CCCCCCCCCCCCCCCCCCCC(COP(=O)(O)OCCNC)CC(=O)CCC. The van der Waals surface area contributed by atoms with E-state index in [-0.39, 0.29) is 24.9 Å². The number of phosphoric acid groups is 1. The molecule has 7 heteroatoms. The van der Waals surface area contributed by atoms with Crippen LogP contribution in [0, 0.1) is 5.92 Å². The molecule has 0 amide bonds. The van der Waals surface area contributed by atoms with Gasteiger partial charge in [0.1, 0.15) is 5.78 Å². The molecule has 0 heterocycles. The summed E-state index contributed by atoms with van der Waals surface area (Å²) in [5.74, 6) is 0.190. The van der Waals surface area contributed by atoms with E-state index in [9.17, 15) is 14.3 Å². The fraction of sp³-hybridized carbons (Fsp3) is 0.966. The Kier molecular flexibility index (Phi) is 26.2. The number of nitrogens with one attached hydrogen (secondary N) is 1. The summed E-state index contributed by atoms with van der Waals surface area (Å²) in [4.78, 5) is 22.0. The minimum absolute atomic E-state index is 0.0197. The third-order valence-electron chi connectivity index (χ3n) is 6.84. The van der Waals surface area contributed by atoms with Crippen LogP contribution in [0.3, 0.4) is 0 Å². The molecular weight excluding hydrogens is 473 g/mol. The topological polar surface area (TPSA) is 84.9 Å². The summed E-state index contributed by atoms with van der Waals surface area (Å²) in [5, 5.41) is 2.86. The second kappa shape index (κ2) is 26.4. The first-order valence-electron chi connectivity index (χ1n) is 15.2. The van der Waals surface area contributed by atoms with Gasteiger partial charge in [-0.1, -0.05) is 123 Å². The molecule has 6 nitrogen and oxygen atoms in total. The molecule has 36 heavy (non-hydrogen) atoms. The number of hydrogen-bond acceptors (Lipinski definition) is 5. The summed E-state index contributed by atoms with van der Waals surface area (Å²) in [6, 6.07) is 0. The van der Waals surface area contributed by atoms with Crippen molar-refractivity contribution in [2.45, 2.75) is 149 Å². The Morgan fingerprint density at radius 1 is 0.750 bits per heavy atom. The lowest BCUT2D eigenvalue weighted by Gasteiger charge is -2.19. The summed E-state index contributed by atoms with van der Waals surface area (Å²) in [5.41, 5.74) is 0. The standard InChI is InChI=1S/C29H60NO5P/c1-4-6-7-8-9-10-11-12-13-14-15-16-17-18-19-20-21-23-28(26-29(31)22-5-2)27-35-36(32,33)34-25-24-30-3/h28,30H,4-27H2,1-3H3,(H,32,33). The van der Waals surface area contributed by atoms with E-state index in [1.165, 1.54) is 96.3 Å². The van der Waals surface area contributed by atoms with Gasteiger partial charge in [0.15, 0.2) is 0 Å². The molecule has 0 bridgehead atoms. The highest BCUT2D eigenvalue weighted by atomic mass is 31.2. The minimum Gasteiger partial charge on any atom is -0.317 e. The Morgan fingerprint density at radius 2 is 1.22 bits per heavy atom. The first-order chi connectivity index (χ1) is 17.4. The smallest absolute Gasteiger partial charge is 0.317 e. The molecule has 0 aliphatic rings. The molecule has 0 rings (SSSR count). The van der Waals surface area contributed by atoms with Crippen LogP contribution in [0.1, 0.15) is 149 Å². The summed E-state index contributed by atoms with van der Waals surface area (Å²) in [7, 11) is -2.31. The highest BCUT2D eigenvalue weighted by molar-refractivity contribution is 7.47. The zero-order chi connectivity index (χ0) is 26.7. The molecule has 0 saturated carbocycles. The average molecular weight is 534 g/mol. The number of carbonyl (C=O) groups is 1. The van der Waals surface area contributed by atoms with Crippen LogP contribution >= 0.6 is 7.82 Å². The van der Waals surface area contributed by atoms with E-state index in [1.54, 1.807) is 7.05 Å². The summed E-state index contributed by atoms with van der Waals surface area (Å²) in [6.45, 7) is 4.96. The molecule has 0 aliphatic heterocycles. The first kappa shape index (κ1) is 35.7. The predicted octanol–water partition coefficient (Wildman–Crippen LogP) is 8.76. The van der Waals surface area contributed by atoms with Crippen LogP contribution in [0.25, 0.3) is 0 Å². The molecule has 2 N–H and O–H groups in total. The largest absolute Gasteiger partial charge is 0.472 e. The Balaban J connectivity index is 3.81. The average Bonchev–Trinajstić information content (AvgIpc) is 2.84. The van der Waals surface area contributed by atoms with E-state index >= 15 is 0 Å². The van der Waals surface area contributed by atoms with Gasteiger partial charge >= 0.3 is 7.82 Å². The molecule has 2 unspecified atom stereocenters. The highest BCUT2D eigenvalue weighted by Gasteiger charge is 2.24. The van der Waals surface area contributed by atoms with Crippen LogP contribution < -0.4 is 5.32 Å². The van der Waals surface area contributed by atoms with Gasteiger partial charge in [0.25, 0.3) is 0 Å². The number of ketones is 1. The molecule has 216 valence electrons. The van der Waals surface area contributed by atoms with E-state index in [2.05, 4.69) is 12.2 Å².